The van der Waals surface area contributed by atoms with Crippen LogP contribution in [0.1, 0.15) is 11.1 Å². The van der Waals surface area contributed by atoms with E-state index in [2.05, 4.69) is 5.18 Å². The number of rotatable bonds is 4. The minimum atomic E-state index is -0.596. The molecule has 2 aromatic rings. The van der Waals surface area contributed by atoms with Gasteiger partial charge in [-0.25, -0.2) is 0 Å². The van der Waals surface area contributed by atoms with Gasteiger partial charge in [0.05, 0.1) is 6.04 Å². The molecule has 1 atom stereocenters. The number of fused-ring (bicyclic) bond motifs is 1. The third kappa shape index (κ3) is 2.76. The zero-order chi connectivity index (χ0) is 15.5. The molecule has 3 rings (SSSR count). The van der Waals surface area contributed by atoms with Crippen LogP contribution in [-0.2, 0) is 17.6 Å². The first-order valence-corrected chi connectivity index (χ1v) is 7.26. The molecule has 22 heavy (non-hydrogen) atoms. The third-order valence-electron chi connectivity index (χ3n) is 3.97. The number of hydrogen-bond donors (Lipinski definition) is 1. The maximum atomic E-state index is 12.6. The van der Waals surface area contributed by atoms with Crippen molar-refractivity contribution >= 4 is 17.3 Å². The largest absolute Gasteiger partial charge is 0.320 e. The predicted octanol–water partition coefficient (Wildman–Crippen LogP) is 2.54. The summed E-state index contributed by atoms with van der Waals surface area (Å²) in [6.45, 7) is 0.680. The fourth-order valence-electron chi connectivity index (χ4n) is 2.80. The van der Waals surface area contributed by atoms with Crippen LogP contribution in [0.2, 0.25) is 0 Å². The lowest BCUT2D eigenvalue weighted by Gasteiger charge is -2.21. The first-order chi connectivity index (χ1) is 10.7. The molecule has 0 bridgehead atoms. The van der Waals surface area contributed by atoms with E-state index in [1.54, 1.807) is 29.2 Å². The molecule has 1 aliphatic rings. The van der Waals surface area contributed by atoms with Crippen LogP contribution < -0.4 is 10.6 Å². The summed E-state index contributed by atoms with van der Waals surface area (Å²) in [6, 6.07) is 14.1. The van der Waals surface area contributed by atoms with E-state index in [0.717, 1.165) is 17.7 Å². The summed E-state index contributed by atoms with van der Waals surface area (Å²) in [6.07, 6.45) is 1.31. The minimum absolute atomic E-state index is 0.0671. The van der Waals surface area contributed by atoms with Gasteiger partial charge in [-0.1, -0.05) is 30.3 Å². The Hall–Kier alpha value is -2.53. The lowest BCUT2D eigenvalue weighted by Crippen LogP contribution is -2.44. The molecule has 0 saturated heterocycles. The number of para-hydroxylation sites is 1. The van der Waals surface area contributed by atoms with Crippen LogP contribution >= 0.6 is 0 Å². The summed E-state index contributed by atoms with van der Waals surface area (Å²) in [5.41, 5.74) is 9.52. The lowest BCUT2D eigenvalue weighted by molar-refractivity contribution is -0.119. The van der Waals surface area contributed by atoms with Crippen molar-refractivity contribution < 1.29 is 4.79 Å². The zero-order valence-electron chi connectivity index (χ0n) is 12.1. The van der Waals surface area contributed by atoms with Crippen LogP contribution in [0.25, 0.3) is 0 Å². The van der Waals surface area contributed by atoms with E-state index >= 15 is 0 Å². The number of carbonyl (C=O) groups excluding carboxylic acids is 1. The van der Waals surface area contributed by atoms with E-state index in [-0.39, 0.29) is 5.91 Å². The highest BCUT2D eigenvalue weighted by Gasteiger charge is 2.27. The van der Waals surface area contributed by atoms with Gasteiger partial charge in [0.15, 0.2) is 0 Å². The Balaban J connectivity index is 1.71. The van der Waals surface area contributed by atoms with Gasteiger partial charge in [0, 0.05) is 12.2 Å². The molecule has 1 amide bonds. The van der Waals surface area contributed by atoms with Crippen molar-refractivity contribution in [2.24, 2.45) is 10.9 Å². The van der Waals surface area contributed by atoms with Crippen molar-refractivity contribution in [3.8, 4) is 0 Å². The molecular weight excluding hydrogens is 278 g/mol. The van der Waals surface area contributed by atoms with Crippen molar-refractivity contribution in [1.29, 1.82) is 0 Å². The first-order valence-electron chi connectivity index (χ1n) is 7.26. The molecule has 0 saturated carbocycles. The second-order valence-electron chi connectivity index (χ2n) is 5.44. The molecule has 1 unspecified atom stereocenters. The molecule has 2 N–H and O–H groups in total. The molecular formula is C17H17N3O2. The van der Waals surface area contributed by atoms with E-state index < -0.39 is 6.04 Å². The van der Waals surface area contributed by atoms with Gasteiger partial charge in [-0.05, 0) is 47.3 Å². The predicted molar refractivity (Wildman–Crippen MR) is 86.1 cm³/mol. The summed E-state index contributed by atoms with van der Waals surface area (Å²) < 4.78 is 0. The van der Waals surface area contributed by atoms with Gasteiger partial charge in [0.25, 0.3) is 0 Å². The van der Waals surface area contributed by atoms with Crippen LogP contribution in [0.3, 0.4) is 0 Å². The second-order valence-corrected chi connectivity index (χ2v) is 5.44. The second kappa shape index (κ2) is 6.07. The van der Waals surface area contributed by atoms with Gasteiger partial charge in [-0.3, -0.25) is 4.79 Å². The van der Waals surface area contributed by atoms with Crippen LogP contribution in [-0.4, -0.2) is 18.5 Å². The maximum Gasteiger partial charge on any atom is 0.244 e. The first kappa shape index (κ1) is 14.4. The van der Waals surface area contributed by atoms with Crippen molar-refractivity contribution in [3.05, 3.63) is 64.6 Å². The van der Waals surface area contributed by atoms with Gasteiger partial charge < -0.3 is 10.6 Å². The molecule has 1 heterocycles. The van der Waals surface area contributed by atoms with E-state index in [4.69, 9.17) is 5.73 Å². The lowest BCUT2D eigenvalue weighted by atomic mass is 10.1. The fraction of sp³-hybridized carbons (Fsp3) is 0.235. The maximum absolute atomic E-state index is 12.6. The third-order valence-corrected chi connectivity index (χ3v) is 3.97. The van der Waals surface area contributed by atoms with Crippen molar-refractivity contribution in [3.63, 3.8) is 0 Å². The number of anilines is 1. The number of hydrogen-bond acceptors (Lipinski definition) is 4. The summed E-state index contributed by atoms with van der Waals surface area (Å²) in [4.78, 5) is 24.7. The highest BCUT2D eigenvalue weighted by atomic mass is 16.3. The summed E-state index contributed by atoms with van der Waals surface area (Å²) in [7, 11) is 0. The summed E-state index contributed by atoms with van der Waals surface area (Å²) in [5.74, 6) is -0.0671. The monoisotopic (exact) mass is 295 g/mol. The Labute approximate surface area is 128 Å². The van der Waals surface area contributed by atoms with Crippen molar-refractivity contribution in [1.82, 2.24) is 0 Å². The topological polar surface area (TPSA) is 75.8 Å². The summed E-state index contributed by atoms with van der Waals surface area (Å²) in [5, 5.41) is 2.86. The number of nitroso groups, excluding NO2 is 1. The number of amides is 1. The number of carbonyl (C=O) groups is 1. The number of benzene rings is 2. The zero-order valence-corrected chi connectivity index (χ0v) is 12.1. The normalized spacial score (nSPS) is 14.5. The average molecular weight is 295 g/mol. The Morgan fingerprint density at radius 1 is 1.18 bits per heavy atom. The highest BCUT2D eigenvalue weighted by molar-refractivity contribution is 5.99. The molecule has 1 aliphatic heterocycles. The van der Waals surface area contributed by atoms with Gasteiger partial charge in [0.2, 0.25) is 5.91 Å². The molecule has 112 valence electrons. The molecule has 5 nitrogen and oxygen atoms in total. The Bertz CT molecular complexity index is 697. The molecule has 0 radical (unpaired) electrons. The minimum Gasteiger partial charge on any atom is -0.320 e. The van der Waals surface area contributed by atoms with Crippen LogP contribution in [0, 0.1) is 4.91 Å². The van der Waals surface area contributed by atoms with E-state index in [0.29, 0.717) is 18.7 Å². The van der Waals surface area contributed by atoms with E-state index in [1.165, 1.54) is 5.56 Å². The fourth-order valence-corrected chi connectivity index (χ4v) is 2.80. The number of nitrogens with zero attached hydrogens (tertiary/aromatic N) is 2. The molecule has 2 aromatic carbocycles. The average Bonchev–Trinajstić information content (AvgIpc) is 2.99. The quantitative estimate of drug-likeness (QED) is 0.881. The Morgan fingerprint density at radius 3 is 2.64 bits per heavy atom. The van der Waals surface area contributed by atoms with Crippen molar-refractivity contribution in [2.45, 2.75) is 18.9 Å². The molecule has 0 aromatic heterocycles. The molecule has 0 aliphatic carbocycles. The van der Waals surface area contributed by atoms with E-state index in [9.17, 15) is 9.70 Å². The van der Waals surface area contributed by atoms with Gasteiger partial charge >= 0.3 is 0 Å². The standard InChI is InChI=1S/C17H17N3O2/c18-15(11-12-5-7-14(19-22)8-6-12)17(21)20-10-9-13-3-1-2-4-16(13)20/h1-8,15H,9-11,18H2. The van der Waals surface area contributed by atoms with Crippen LogP contribution in [0.4, 0.5) is 11.4 Å². The van der Waals surface area contributed by atoms with Crippen LogP contribution in [0.15, 0.2) is 53.7 Å². The summed E-state index contributed by atoms with van der Waals surface area (Å²) >= 11 is 0. The van der Waals surface area contributed by atoms with Gasteiger partial charge in [-0.2, -0.15) is 0 Å². The molecule has 0 fully saturated rings. The highest BCUT2D eigenvalue weighted by Crippen LogP contribution is 2.28. The Kier molecular flexibility index (Phi) is 3.98. The van der Waals surface area contributed by atoms with Gasteiger partial charge in [0.1, 0.15) is 5.69 Å². The SMILES string of the molecule is NC(Cc1ccc(N=O)cc1)C(=O)N1CCc2ccccc21. The molecule has 5 heteroatoms. The Morgan fingerprint density at radius 2 is 1.91 bits per heavy atom. The number of nitrogens with two attached hydrogens (primary N) is 1. The smallest absolute Gasteiger partial charge is 0.244 e. The van der Waals surface area contributed by atoms with Crippen LogP contribution in [0.5, 0.6) is 0 Å². The van der Waals surface area contributed by atoms with E-state index in [1.807, 2.05) is 24.3 Å². The molecule has 0 spiro atoms. The van der Waals surface area contributed by atoms with Gasteiger partial charge in [-0.15, -0.1) is 4.91 Å². The van der Waals surface area contributed by atoms with Crippen molar-refractivity contribution in [2.75, 3.05) is 11.4 Å².